The van der Waals surface area contributed by atoms with Crippen LogP contribution in [0.1, 0.15) is 24.5 Å². The second kappa shape index (κ2) is 7.45. The van der Waals surface area contributed by atoms with Gasteiger partial charge in [-0.15, -0.1) is 0 Å². The van der Waals surface area contributed by atoms with E-state index in [1.807, 2.05) is 36.5 Å². The van der Waals surface area contributed by atoms with E-state index >= 15 is 0 Å². The van der Waals surface area contributed by atoms with E-state index in [4.69, 9.17) is 11.6 Å². The van der Waals surface area contributed by atoms with Gasteiger partial charge in [0.05, 0.1) is 6.42 Å². The van der Waals surface area contributed by atoms with Crippen LogP contribution in [0.4, 0.5) is 5.82 Å². The Morgan fingerprint density at radius 3 is 2.62 bits per heavy atom. The van der Waals surface area contributed by atoms with E-state index in [1.165, 1.54) is 0 Å². The molecule has 4 heteroatoms. The SMILES string of the molecule is CCCc1c(NC(=O)Cc2ccc(Cl)cc2)ncc2ccccc12. The van der Waals surface area contributed by atoms with Crippen molar-refractivity contribution in [2.45, 2.75) is 26.2 Å². The summed E-state index contributed by atoms with van der Waals surface area (Å²) in [5.41, 5.74) is 2.02. The van der Waals surface area contributed by atoms with Gasteiger partial charge in [-0.1, -0.05) is 61.3 Å². The zero-order valence-corrected chi connectivity index (χ0v) is 14.3. The fourth-order valence-corrected chi connectivity index (χ4v) is 2.92. The number of carbonyl (C=O) groups is 1. The number of nitrogens with zero attached hydrogens (tertiary/aromatic N) is 1. The summed E-state index contributed by atoms with van der Waals surface area (Å²) in [6.45, 7) is 2.13. The summed E-state index contributed by atoms with van der Waals surface area (Å²) < 4.78 is 0. The highest BCUT2D eigenvalue weighted by atomic mass is 35.5. The highest BCUT2D eigenvalue weighted by Crippen LogP contribution is 2.25. The minimum absolute atomic E-state index is 0.0718. The third-order valence-electron chi connectivity index (χ3n) is 3.94. The topological polar surface area (TPSA) is 42.0 Å². The predicted octanol–water partition coefficient (Wildman–Crippen LogP) is 5.02. The lowest BCUT2D eigenvalue weighted by molar-refractivity contribution is -0.115. The number of pyridine rings is 1. The first-order valence-corrected chi connectivity index (χ1v) is 8.46. The second-order valence-corrected chi connectivity index (χ2v) is 6.21. The number of halogens is 1. The largest absolute Gasteiger partial charge is 0.310 e. The molecule has 0 fully saturated rings. The van der Waals surface area contributed by atoms with E-state index in [2.05, 4.69) is 23.3 Å². The summed E-state index contributed by atoms with van der Waals surface area (Å²) in [7, 11) is 0. The monoisotopic (exact) mass is 338 g/mol. The highest BCUT2D eigenvalue weighted by molar-refractivity contribution is 6.30. The first kappa shape index (κ1) is 16.5. The van der Waals surface area contributed by atoms with E-state index < -0.39 is 0 Å². The number of rotatable bonds is 5. The Morgan fingerprint density at radius 1 is 1.12 bits per heavy atom. The molecule has 0 aliphatic rings. The molecule has 0 saturated carbocycles. The maximum absolute atomic E-state index is 12.4. The first-order chi connectivity index (χ1) is 11.7. The Morgan fingerprint density at radius 2 is 1.88 bits per heavy atom. The van der Waals surface area contributed by atoms with Crippen molar-refractivity contribution in [3.05, 3.63) is 70.9 Å². The minimum atomic E-state index is -0.0718. The van der Waals surface area contributed by atoms with E-state index in [-0.39, 0.29) is 5.91 Å². The maximum atomic E-state index is 12.4. The number of anilines is 1. The summed E-state index contributed by atoms with van der Waals surface area (Å²) in [5, 5.41) is 5.88. The van der Waals surface area contributed by atoms with Crippen molar-refractivity contribution in [3.8, 4) is 0 Å². The van der Waals surface area contributed by atoms with Gasteiger partial charge in [0.1, 0.15) is 5.82 Å². The molecular formula is C20H19ClN2O. The number of benzene rings is 2. The normalized spacial score (nSPS) is 10.8. The third kappa shape index (κ3) is 3.74. The lowest BCUT2D eigenvalue weighted by Gasteiger charge is -2.12. The molecule has 0 saturated heterocycles. The van der Waals surface area contributed by atoms with Crippen LogP contribution in [0.5, 0.6) is 0 Å². The molecule has 3 aromatic rings. The predicted molar refractivity (Wildman–Crippen MR) is 99.5 cm³/mol. The van der Waals surface area contributed by atoms with Crippen LogP contribution in [0, 0.1) is 0 Å². The molecule has 0 atom stereocenters. The Balaban J connectivity index is 1.84. The van der Waals surface area contributed by atoms with Crippen LogP contribution in [0.2, 0.25) is 5.02 Å². The number of hydrogen-bond donors (Lipinski definition) is 1. The van der Waals surface area contributed by atoms with Crippen molar-refractivity contribution in [2.24, 2.45) is 0 Å². The Kier molecular flexibility index (Phi) is 5.11. The molecule has 0 aliphatic carbocycles. The molecule has 122 valence electrons. The molecule has 1 N–H and O–H groups in total. The van der Waals surface area contributed by atoms with E-state index in [0.717, 1.165) is 34.7 Å². The Bertz CT molecular complexity index is 859. The second-order valence-electron chi connectivity index (χ2n) is 5.77. The van der Waals surface area contributed by atoms with Gasteiger partial charge in [-0.05, 0) is 29.5 Å². The maximum Gasteiger partial charge on any atom is 0.229 e. The fraction of sp³-hybridized carbons (Fsp3) is 0.200. The lowest BCUT2D eigenvalue weighted by Crippen LogP contribution is -2.16. The number of aryl methyl sites for hydroxylation is 1. The summed E-state index contributed by atoms with van der Waals surface area (Å²) in [6, 6.07) is 15.4. The Hall–Kier alpha value is -2.39. The van der Waals surface area contributed by atoms with Crippen molar-refractivity contribution >= 4 is 34.1 Å². The number of carbonyl (C=O) groups excluding carboxylic acids is 1. The minimum Gasteiger partial charge on any atom is -0.310 e. The van der Waals surface area contributed by atoms with Gasteiger partial charge in [-0.2, -0.15) is 0 Å². The van der Waals surface area contributed by atoms with Gasteiger partial charge in [0, 0.05) is 22.2 Å². The van der Waals surface area contributed by atoms with Crippen molar-refractivity contribution < 1.29 is 4.79 Å². The van der Waals surface area contributed by atoms with Crippen LogP contribution >= 0.6 is 11.6 Å². The van der Waals surface area contributed by atoms with Gasteiger partial charge in [-0.25, -0.2) is 4.98 Å². The highest BCUT2D eigenvalue weighted by Gasteiger charge is 2.12. The van der Waals surface area contributed by atoms with Gasteiger partial charge in [-0.3, -0.25) is 4.79 Å². The van der Waals surface area contributed by atoms with Crippen LogP contribution in [-0.2, 0) is 17.6 Å². The van der Waals surface area contributed by atoms with Crippen LogP contribution in [-0.4, -0.2) is 10.9 Å². The van der Waals surface area contributed by atoms with Gasteiger partial charge >= 0.3 is 0 Å². The quantitative estimate of drug-likeness (QED) is 0.709. The zero-order valence-electron chi connectivity index (χ0n) is 13.6. The summed E-state index contributed by atoms with van der Waals surface area (Å²) in [4.78, 5) is 16.8. The van der Waals surface area contributed by atoms with Crippen molar-refractivity contribution in [1.82, 2.24) is 4.98 Å². The summed E-state index contributed by atoms with van der Waals surface area (Å²) in [6.07, 6.45) is 3.99. The molecule has 0 unspecified atom stereocenters. The number of hydrogen-bond acceptors (Lipinski definition) is 2. The van der Waals surface area contributed by atoms with Crippen LogP contribution < -0.4 is 5.32 Å². The molecule has 2 aromatic carbocycles. The molecule has 0 radical (unpaired) electrons. The number of aromatic nitrogens is 1. The van der Waals surface area contributed by atoms with Crippen LogP contribution in [0.15, 0.2) is 54.7 Å². The molecule has 1 amide bonds. The van der Waals surface area contributed by atoms with Crippen molar-refractivity contribution in [1.29, 1.82) is 0 Å². The van der Waals surface area contributed by atoms with Crippen LogP contribution in [0.3, 0.4) is 0 Å². The molecule has 1 heterocycles. The number of nitrogens with one attached hydrogen (secondary N) is 1. The molecule has 0 bridgehead atoms. The number of fused-ring (bicyclic) bond motifs is 1. The van der Waals surface area contributed by atoms with E-state index in [1.54, 1.807) is 12.1 Å². The van der Waals surface area contributed by atoms with Crippen molar-refractivity contribution in [2.75, 3.05) is 5.32 Å². The van der Waals surface area contributed by atoms with Gasteiger partial charge < -0.3 is 5.32 Å². The molecule has 1 aromatic heterocycles. The summed E-state index contributed by atoms with van der Waals surface area (Å²) >= 11 is 5.88. The van der Waals surface area contributed by atoms with Gasteiger partial charge in [0.25, 0.3) is 0 Å². The van der Waals surface area contributed by atoms with E-state index in [9.17, 15) is 4.79 Å². The first-order valence-electron chi connectivity index (χ1n) is 8.08. The average molecular weight is 339 g/mol. The van der Waals surface area contributed by atoms with Crippen LogP contribution in [0.25, 0.3) is 10.8 Å². The molecular weight excluding hydrogens is 320 g/mol. The standard InChI is InChI=1S/C20H19ClN2O/c1-2-5-18-17-7-4-3-6-15(17)13-22-20(18)23-19(24)12-14-8-10-16(21)11-9-14/h3-4,6-11,13H,2,5,12H2,1H3,(H,22,23,24). The smallest absolute Gasteiger partial charge is 0.229 e. The Labute approximate surface area is 146 Å². The lowest BCUT2D eigenvalue weighted by atomic mass is 10.0. The fourth-order valence-electron chi connectivity index (χ4n) is 2.80. The molecule has 0 spiro atoms. The average Bonchev–Trinajstić information content (AvgIpc) is 2.59. The van der Waals surface area contributed by atoms with Crippen molar-refractivity contribution in [3.63, 3.8) is 0 Å². The summed E-state index contributed by atoms with van der Waals surface area (Å²) in [5.74, 6) is 0.590. The molecule has 3 nitrogen and oxygen atoms in total. The molecule has 24 heavy (non-hydrogen) atoms. The van der Waals surface area contributed by atoms with E-state index in [0.29, 0.717) is 17.3 Å². The molecule has 3 rings (SSSR count). The van der Waals surface area contributed by atoms with Gasteiger partial charge in [0.15, 0.2) is 0 Å². The van der Waals surface area contributed by atoms with Gasteiger partial charge in [0.2, 0.25) is 5.91 Å². The zero-order chi connectivity index (χ0) is 16.9. The third-order valence-corrected chi connectivity index (χ3v) is 4.19. The number of amides is 1. The molecule has 0 aliphatic heterocycles.